The first kappa shape index (κ1) is 17.5. The van der Waals surface area contributed by atoms with E-state index in [1.807, 2.05) is 0 Å². The molecule has 0 aromatic heterocycles. The Kier molecular flexibility index (Phi) is 4.46. The fourth-order valence-electron chi connectivity index (χ4n) is 5.67. The van der Waals surface area contributed by atoms with Crippen molar-refractivity contribution in [1.82, 2.24) is 4.90 Å². The first-order chi connectivity index (χ1) is 11.9. The van der Waals surface area contributed by atoms with E-state index in [-0.39, 0.29) is 5.41 Å². The van der Waals surface area contributed by atoms with Gasteiger partial charge in [0.15, 0.2) is 0 Å². The van der Waals surface area contributed by atoms with Gasteiger partial charge < -0.3 is 9.84 Å². The number of aliphatic hydroxyl groups is 1. The first-order valence-corrected chi connectivity index (χ1v) is 9.99. The molecular weight excluding hydrogens is 310 g/mol. The lowest BCUT2D eigenvalue weighted by molar-refractivity contribution is -0.0798. The van der Waals surface area contributed by atoms with Crippen molar-refractivity contribution in [2.75, 3.05) is 19.7 Å². The molecule has 2 saturated carbocycles. The predicted molar refractivity (Wildman–Crippen MR) is 100 cm³/mol. The van der Waals surface area contributed by atoms with Gasteiger partial charge in [0, 0.05) is 19.6 Å². The number of aliphatic hydroxyl groups excluding tert-OH is 1. The zero-order valence-electron chi connectivity index (χ0n) is 16.0. The topological polar surface area (TPSA) is 32.7 Å². The van der Waals surface area contributed by atoms with Gasteiger partial charge in [0.2, 0.25) is 0 Å². The van der Waals surface area contributed by atoms with Crippen LogP contribution in [0.1, 0.15) is 51.2 Å². The van der Waals surface area contributed by atoms with Gasteiger partial charge in [-0.1, -0.05) is 45.0 Å². The number of β-amino-alcohol motifs (C(OH)–C–C–N with tert-alkyl or cyclic N) is 1. The fourth-order valence-corrected chi connectivity index (χ4v) is 5.67. The van der Waals surface area contributed by atoms with Gasteiger partial charge in [-0.2, -0.15) is 0 Å². The lowest BCUT2D eigenvalue weighted by Crippen LogP contribution is -2.41. The Labute approximate surface area is 152 Å². The zero-order valence-corrected chi connectivity index (χ0v) is 16.0. The van der Waals surface area contributed by atoms with Gasteiger partial charge in [0.25, 0.3) is 0 Å². The van der Waals surface area contributed by atoms with Gasteiger partial charge >= 0.3 is 0 Å². The second kappa shape index (κ2) is 6.37. The summed E-state index contributed by atoms with van der Waals surface area (Å²) >= 11 is 0. The molecule has 25 heavy (non-hydrogen) atoms. The molecule has 2 bridgehead atoms. The van der Waals surface area contributed by atoms with Crippen molar-refractivity contribution >= 4 is 0 Å². The van der Waals surface area contributed by atoms with E-state index < -0.39 is 6.10 Å². The standard InChI is InChI=1S/C22H33NO2/c1-21(2)18-8-10-22(21,3)20(12-18)25-15-19(24)14-23-11-9-16-6-4-5-7-17(16)13-23/h4-7,18-20,24H,8-15H2,1-3H3/t18-,19+,20+,22-/m0/s1. The summed E-state index contributed by atoms with van der Waals surface area (Å²) in [5.74, 6) is 0.790. The largest absolute Gasteiger partial charge is 0.389 e. The first-order valence-electron chi connectivity index (χ1n) is 9.99. The summed E-state index contributed by atoms with van der Waals surface area (Å²) in [6, 6.07) is 8.67. The van der Waals surface area contributed by atoms with Crippen molar-refractivity contribution < 1.29 is 9.84 Å². The summed E-state index contributed by atoms with van der Waals surface area (Å²) in [5, 5.41) is 10.5. The average molecular weight is 344 g/mol. The molecule has 138 valence electrons. The van der Waals surface area contributed by atoms with E-state index in [0.29, 0.717) is 24.7 Å². The van der Waals surface area contributed by atoms with Crippen molar-refractivity contribution in [1.29, 1.82) is 0 Å². The molecule has 4 rings (SSSR count). The number of nitrogens with zero attached hydrogens (tertiary/aromatic N) is 1. The van der Waals surface area contributed by atoms with Crippen LogP contribution in [0.5, 0.6) is 0 Å². The lowest BCUT2D eigenvalue weighted by Gasteiger charge is -2.39. The molecule has 3 aliphatic rings. The second-order valence-corrected chi connectivity index (χ2v) is 9.34. The predicted octanol–water partition coefficient (Wildman–Crippen LogP) is 3.64. The van der Waals surface area contributed by atoms with E-state index in [4.69, 9.17) is 4.74 Å². The van der Waals surface area contributed by atoms with E-state index >= 15 is 0 Å². The van der Waals surface area contributed by atoms with Crippen molar-refractivity contribution in [2.24, 2.45) is 16.7 Å². The molecule has 3 heteroatoms. The Bertz CT molecular complexity index is 628. The van der Waals surface area contributed by atoms with Crippen LogP contribution in [0, 0.1) is 16.7 Å². The molecule has 4 atom stereocenters. The number of ether oxygens (including phenoxy) is 1. The zero-order chi connectivity index (χ0) is 17.7. The Morgan fingerprint density at radius 1 is 1.24 bits per heavy atom. The number of hydrogen-bond donors (Lipinski definition) is 1. The van der Waals surface area contributed by atoms with Gasteiger partial charge in [0.1, 0.15) is 0 Å². The maximum absolute atomic E-state index is 10.5. The Morgan fingerprint density at radius 2 is 2.00 bits per heavy atom. The minimum absolute atomic E-state index is 0.279. The number of rotatable bonds is 5. The minimum Gasteiger partial charge on any atom is -0.389 e. The SMILES string of the molecule is CC1(C)[C@H]2CC[C@@]1(C)[C@H](OC[C@H](O)CN1CCc3ccccc3C1)C2. The maximum atomic E-state index is 10.5. The van der Waals surface area contributed by atoms with Gasteiger partial charge in [-0.15, -0.1) is 0 Å². The molecule has 1 heterocycles. The summed E-state index contributed by atoms with van der Waals surface area (Å²) < 4.78 is 6.27. The molecule has 0 unspecified atom stereocenters. The summed E-state index contributed by atoms with van der Waals surface area (Å²) in [7, 11) is 0. The molecule has 0 spiro atoms. The molecule has 3 nitrogen and oxygen atoms in total. The molecule has 1 aromatic rings. The highest BCUT2D eigenvalue weighted by Gasteiger charge is 2.61. The monoisotopic (exact) mass is 343 g/mol. The quantitative estimate of drug-likeness (QED) is 0.886. The van der Waals surface area contributed by atoms with Crippen LogP contribution >= 0.6 is 0 Å². The molecule has 2 aliphatic carbocycles. The highest BCUT2D eigenvalue weighted by molar-refractivity contribution is 5.29. The molecule has 0 saturated heterocycles. The third kappa shape index (κ3) is 2.94. The highest BCUT2D eigenvalue weighted by Crippen LogP contribution is 2.66. The summed E-state index contributed by atoms with van der Waals surface area (Å²) in [6.45, 7) is 10.4. The maximum Gasteiger partial charge on any atom is 0.0900 e. The number of hydrogen-bond acceptors (Lipinski definition) is 3. The van der Waals surface area contributed by atoms with Crippen LogP contribution in [0.15, 0.2) is 24.3 Å². The number of benzene rings is 1. The van der Waals surface area contributed by atoms with Crippen molar-refractivity contribution in [2.45, 2.75) is 65.2 Å². The molecule has 2 fully saturated rings. The van der Waals surface area contributed by atoms with Crippen LogP contribution < -0.4 is 0 Å². The van der Waals surface area contributed by atoms with Crippen molar-refractivity contribution in [3.63, 3.8) is 0 Å². The van der Waals surface area contributed by atoms with Crippen LogP contribution in [-0.2, 0) is 17.7 Å². The van der Waals surface area contributed by atoms with Gasteiger partial charge in [-0.25, -0.2) is 0 Å². The smallest absolute Gasteiger partial charge is 0.0900 e. The Balaban J connectivity index is 1.29. The molecule has 0 radical (unpaired) electrons. The van der Waals surface area contributed by atoms with Crippen LogP contribution in [-0.4, -0.2) is 41.9 Å². The highest BCUT2D eigenvalue weighted by atomic mass is 16.5. The third-order valence-electron chi connectivity index (χ3n) is 7.88. The van der Waals surface area contributed by atoms with Crippen molar-refractivity contribution in [3.8, 4) is 0 Å². The van der Waals surface area contributed by atoms with Gasteiger partial charge in [0.05, 0.1) is 18.8 Å². The average Bonchev–Trinajstić information content (AvgIpc) is 2.93. The molecule has 1 N–H and O–H groups in total. The Hall–Kier alpha value is -0.900. The van der Waals surface area contributed by atoms with E-state index in [2.05, 4.69) is 49.9 Å². The van der Waals surface area contributed by atoms with E-state index in [1.54, 1.807) is 0 Å². The third-order valence-corrected chi connectivity index (χ3v) is 7.88. The van der Waals surface area contributed by atoms with Crippen LogP contribution in [0.2, 0.25) is 0 Å². The van der Waals surface area contributed by atoms with Crippen LogP contribution in [0.4, 0.5) is 0 Å². The normalized spacial score (nSPS) is 34.9. The van der Waals surface area contributed by atoms with Crippen LogP contribution in [0.25, 0.3) is 0 Å². The summed E-state index contributed by atoms with van der Waals surface area (Å²) in [6.07, 6.45) is 4.80. The molecule has 1 aromatic carbocycles. The van der Waals surface area contributed by atoms with Crippen molar-refractivity contribution in [3.05, 3.63) is 35.4 Å². The van der Waals surface area contributed by atoms with Gasteiger partial charge in [-0.05, 0) is 53.6 Å². The number of fused-ring (bicyclic) bond motifs is 3. The fraction of sp³-hybridized carbons (Fsp3) is 0.727. The van der Waals surface area contributed by atoms with E-state index in [0.717, 1.165) is 25.4 Å². The lowest BCUT2D eigenvalue weighted by atomic mass is 9.70. The van der Waals surface area contributed by atoms with Gasteiger partial charge in [-0.3, -0.25) is 4.90 Å². The summed E-state index contributed by atoms with van der Waals surface area (Å²) in [4.78, 5) is 2.36. The molecule has 1 aliphatic heterocycles. The summed E-state index contributed by atoms with van der Waals surface area (Å²) in [5.41, 5.74) is 3.52. The van der Waals surface area contributed by atoms with E-state index in [1.165, 1.54) is 30.4 Å². The minimum atomic E-state index is -0.392. The second-order valence-electron chi connectivity index (χ2n) is 9.34. The van der Waals surface area contributed by atoms with E-state index in [9.17, 15) is 5.11 Å². The van der Waals surface area contributed by atoms with Crippen LogP contribution in [0.3, 0.4) is 0 Å². The molecule has 0 amide bonds. The Morgan fingerprint density at radius 3 is 2.68 bits per heavy atom. The molecular formula is C22H33NO2.